The van der Waals surface area contributed by atoms with Crippen LogP contribution in [0.4, 0.5) is 0 Å². The average molecular weight is 522 g/mol. The van der Waals surface area contributed by atoms with Crippen molar-refractivity contribution < 1.29 is 24.2 Å². The lowest BCUT2D eigenvalue weighted by molar-refractivity contribution is -0.237. The van der Waals surface area contributed by atoms with Crippen LogP contribution in [0.25, 0.3) is 0 Å². The minimum absolute atomic E-state index is 0.0210. The quantitative estimate of drug-likeness (QED) is 0.376. The molecule has 0 aromatic heterocycles. The van der Waals surface area contributed by atoms with Crippen molar-refractivity contribution in [3.8, 4) is 0 Å². The number of aldehydes is 1. The van der Waals surface area contributed by atoms with E-state index in [1.54, 1.807) is 0 Å². The summed E-state index contributed by atoms with van der Waals surface area (Å²) in [7, 11) is 0. The van der Waals surface area contributed by atoms with Gasteiger partial charge in [-0.25, -0.2) is 0 Å². The second-order valence-corrected chi connectivity index (χ2v) is 13.4. The molecule has 0 amide bonds. The van der Waals surface area contributed by atoms with Gasteiger partial charge in [-0.3, -0.25) is 9.69 Å². The van der Waals surface area contributed by atoms with Crippen LogP contribution in [0.15, 0.2) is 42.0 Å². The predicted molar refractivity (Wildman–Crippen MR) is 144 cm³/mol. The maximum Gasteiger partial charge on any atom is 0.315 e. The topological polar surface area (TPSA) is 76.1 Å². The number of fused-ring (bicyclic) bond motifs is 2. The van der Waals surface area contributed by atoms with Gasteiger partial charge in [-0.15, -0.1) is 0 Å². The van der Waals surface area contributed by atoms with Crippen molar-refractivity contribution >= 4 is 12.3 Å². The molecule has 4 fully saturated rings. The van der Waals surface area contributed by atoms with Crippen LogP contribution < -0.4 is 0 Å². The van der Waals surface area contributed by atoms with Crippen molar-refractivity contribution in [1.29, 1.82) is 0 Å². The smallest absolute Gasteiger partial charge is 0.315 e. The lowest BCUT2D eigenvalue weighted by Crippen LogP contribution is -2.64. The Balaban J connectivity index is 1.33. The van der Waals surface area contributed by atoms with Gasteiger partial charge in [-0.2, -0.15) is 0 Å². The number of carbonyl (C=O) groups excluding carboxylic acids is 1. The van der Waals surface area contributed by atoms with Crippen molar-refractivity contribution in [3.05, 3.63) is 47.5 Å². The van der Waals surface area contributed by atoms with Crippen molar-refractivity contribution in [1.82, 2.24) is 4.90 Å². The molecule has 0 radical (unpaired) electrons. The SMILES string of the molecule is CC(C)C1=C[C@@H]2C[C@]3(C=O)[C@@H]4CC[C@@H](C)[C@H]4CC2(CO[C@H]2CN(Cc4ccccc4)C[C@@H](C)O2)[C@]13C(=O)O. The van der Waals surface area contributed by atoms with Crippen LogP contribution in [0, 0.1) is 45.8 Å². The summed E-state index contributed by atoms with van der Waals surface area (Å²) in [6, 6.07) is 10.4. The number of benzene rings is 1. The Kier molecular flexibility index (Phi) is 6.40. The molecule has 3 saturated carbocycles. The first kappa shape index (κ1) is 26.2. The maximum atomic E-state index is 13.6. The van der Waals surface area contributed by atoms with Gasteiger partial charge in [-0.05, 0) is 61.3 Å². The molecule has 6 nitrogen and oxygen atoms in total. The number of carboxylic acid groups (broad SMARTS) is 1. The lowest BCUT2D eigenvalue weighted by Gasteiger charge is -2.58. The Bertz CT molecular complexity index is 1120. The predicted octanol–water partition coefficient (Wildman–Crippen LogP) is 5.17. The summed E-state index contributed by atoms with van der Waals surface area (Å²) >= 11 is 0. The summed E-state index contributed by atoms with van der Waals surface area (Å²) in [6.07, 6.45) is 6.39. The molecule has 1 aliphatic heterocycles. The van der Waals surface area contributed by atoms with E-state index >= 15 is 0 Å². The molecule has 4 bridgehead atoms. The number of ether oxygens (including phenoxy) is 2. The van der Waals surface area contributed by atoms with Crippen molar-refractivity contribution in [2.45, 2.75) is 72.3 Å². The first-order valence-corrected chi connectivity index (χ1v) is 14.6. The van der Waals surface area contributed by atoms with Crippen molar-refractivity contribution in [2.75, 3.05) is 19.7 Å². The molecule has 6 heteroatoms. The van der Waals surface area contributed by atoms with Gasteiger partial charge in [0, 0.05) is 25.0 Å². The zero-order valence-corrected chi connectivity index (χ0v) is 23.3. The number of nitrogens with zero attached hydrogens (tertiary/aromatic N) is 1. The van der Waals surface area contributed by atoms with E-state index in [0.717, 1.165) is 44.2 Å². The van der Waals surface area contributed by atoms with Crippen LogP contribution in [0.1, 0.15) is 58.9 Å². The summed E-state index contributed by atoms with van der Waals surface area (Å²) < 4.78 is 12.9. The van der Waals surface area contributed by atoms with E-state index in [9.17, 15) is 14.7 Å². The normalized spacial score (nSPS) is 43.8. The van der Waals surface area contributed by atoms with Gasteiger partial charge in [0.2, 0.25) is 0 Å². The molecular formula is C32H43NO5. The van der Waals surface area contributed by atoms with Crippen LogP contribution in [0.3, 0.4) is 0 Å². The number of hydrogen-bond donors (Lipinski definition) is 1. The molecule has 1 aromatic rings. The first-order chi connectivity index (χ1) is 18.2. The molecule has 1 heterocycles. The fourth-order valence-corrected chi connectivity index (χ4v) is 9.93. The molecule has 6 rings (SSSR count). The fraction of sp³-hybridized carbons (Fsp3) is 0.688. The highest BCUT2D eigenvalue weighted by atomic mass is 16.7. The van der Waals surface area contributed by atoms with Crippen LogP contribution in [0.5, 0.6) is 0 Å². The number of rotatable bonds is 8. The van der Waals surface area contributed by atoms with Gasteiger partial charge in [-0.1, -0.05) is 69.2 Å². The average Bonchev–Trinajstić information content (AvgIpc) is 3.45. The lowest BCUT2D eigenvalue weighted by atomic mass is 9.43. The summed E-state index contributed by atoms with van der Waals surface area (Å²) in [6.45, 7) is 11.2. The van der Waals surface area contributed by atoms with Gasteiger partial charge in [0.15, 0.2) is 6.29 Å². The van der Waals surface area contributed by atoms with Gasteiger partial charge >= 0.3 is 5.97 Å². The Labute approximate surface area is 226 Å². The third kappa shape index (κ3) is 3.42. The molecule has 1 saturated heterocycles. The van der Waals surface area contributed by atoms with Crippen LogP contribution in [-0.4, -0.2) is 54.4 Å². The number of allylic oxidation sites excluding steroid dienone is 1. The number of morpholine rings is 1. The van der Waals surface area contributed by atoms with E-state index in [-0.39, 0.29) is 23.9 Å². The molecule has 206 valence electrons. The molecular weight excluding hydrogens is 478 g/mol. The van der Waals surface area contributed by atoms with E-state index < -0.39 is 28.5 Å². The van der Waals surface area contributed by atoms with Gasteiger partial charge < -0.3 is 19.4 Å². The van der Waals surface area contributed by atoms with Gasteiger partial charge in [0.05, 0.1) is 18.1 Å². The molecule has 1 N–H and O–H groups in total. The largest absolute Gasteiger partial charge is 0.481 e. The van der Waals surface area contributed by atoms with Crippen LogP contribution in [-0.2, 0) is 25.6 Å². The standard InChI is InChI=1S/C32H43NO5/c1-20(2)27-12-24-13-30(18-34)26-11-10-21(3)25(26)14-31(24,32(27,30)29(35)36)19-37-28-17-33(15-22(4)38-28)16-23-8-6-5-7-9-23/h5-9,12,18,20-22,24-26,28H,10-11,13-17,19H2,1-4H3,(H,35,36)/t21-,22-,24-,25-,26-,28-,30+,31?,32+/m1/s1. The second-order valence-electron chi connectivity index (χ2n) is 13.4. The zero-order valence-electron chi connectivity index (χ0n) is 23.3. The van der Waals surface area contributed by atoms with E-state index in [1.165, 1.54) is 5.56 Å². The van der Waals surface area contributed by atoms with E-state index in [1.807, 2.05) is 6.07 Å². The Morgan fingerprint density at radius 2 is 1.95 bits per heavy atom. The summed E-state index contributed by atoms with van der Waals surface area (Å²) in [5.41, 5.74) is -0.454. The molecule has 38 heavy (non-hydrogen) atoms. The summed E-state index contributed by atoms with van der Waals surface area (Å²) in [4.78, 5) is 29.2. The highest BCUT2D eigenvalue weighted by Crippen LogP contribution is 2.82. The van der Waals surface area contributed by atoms with Crippen molar-refractivity contribution in [2.24, 2.45) is 45.8 Å². The van der Waals surface area contributed by atoms with Gasteiger partial charge in [0.25, 0.3) is 0 Å². The van der Waals surface area contributed by atoms with E-state index in [2.05, 4.69) is 62.9 Å². The molecule has 5 aliphatic rings. The molecule has 1 unspecified atom stereocenters. The first-order valence-electron chi connectivity index (χ1n) is 14.6. The monoisotopic (exact) mass is 521 g/mol. The number of aliphatic carboxylic acids is 1. The zero-order chi connectivity index (χ0) is 26.9. The van der Waals surface area contributed by atoms with E-state index in [4.69, 9.17) is 9.47 Å². The molecule has 1 aromatic carbocycles. The molecule has 0 spiro atoms. The third-order valence-electron chi connectivity index (χ3n) is 11.2. The van der Waals surface area contributed by atoms with Crippen LogP contribution in [0.2, 0.25) is 0 Å². The molecule has 4 aliphatic carbocycles. The number of hydrogen-bond acceptors (Lipinski definition) is 5. The third-order valence-corrected chi connectivity index (χ3v) is 11.2. The Morgan fingerprint density at radius 3 is 2.63 bits per heavy atom. The highest BCUT2D eigenvalue weighted by molar-refractivity contribution is 5.90. The van der Waals surface area contributed by atoms with Crippen molar-refractivity contribution in [3.63, 3.8) is 0 Å². The summed E-state index contributed by atoms with van der Waals surface area (Å²) in [5, 5.41) is 11.2. The second kappa shape index (κ2) is 9.28. The maximum absolute atomic E-state index is 13.6. The number of carbonyl (C=O) groups is 2. The van der Waals surface area contributed by atoms with E-state index in [0.29, 0.717) is 31.4 Å². The van der Waals surface area contributed by atoms with Crippen LogP contribution >= 0.6 is 0 Å². The minimum atomic E-state index is -1.20. The summed E-state index contributed by atoms with van der Waals surface area (Å²) in [5.74, 6) is 0.283. The Morgan fingerprint density at radius 1 is 1.18 bits per heavy atom. The number of carboxylic acids is 1. The fourth-order valence-electron chi connectivity index (χ4n) is 9.93. The Hall–Kier alpha value is -2.02. The van der Waals surface area contributed by atoms with Gasteiger partial charge in [0.1, 0.15) is 11.7 Å². The highest BCUT2D eigenvalue weighted by Gasteiger charge is 2.84. The molecule has 9 atom stereocenters. The minimum Gasteiger partial charge on any atom is -0.481 e.